The number of nitrogens with two attached hydrogens (primary N) is 1. The Labute approximate surface area is 90.4 Å². The van der Waals surface area contributed by atoms with E-state index in [-0.39, 0.29) is 6.04 Å². The third kappa shape index (κ3) is 2.21. The minimum absolute atomic E-state index is 0.0469. The second kappa shape index (κ2) is 4.33. The summed E-state index contributed by atoms with van der Waals surface area (Å²) in [5, 5.41) is 0. The highest BCUT2D eigenvalue weighted by molar-refractivity contribution is 5.05. The van der Waals surface area contributed by atoms with Crippen molar-refractivity contribution in [2.24, 2.45) is 5.73 Å². The molecule has 0 spiro atoms. The van der Waals surface area contributed by atoms with E-state index in [4.69, 9.17) is 10.5 Å². The van der Waals surface area contributed by atoms with Crippen molar-refractivity contribution >= 4 is 0 Å². The molecule has 84 valence electrons. The summed E-state index contributed by atoms with van der Waals surface area (Å²) in [4.78, 5) is 4.19. The Morgan fingerprint density at radius 2 is 2.47 bits per heavy atom. The van der Waals surface area contributed by atoms with Crippen molar-refractivity contribution < 1.29 is 4.74 Å². The van der Waals surface area contributed by atoms with Crippen LogP contribution in [0, 0.1) is 0 Å². The van der Waals surface area contributed by atoms with Gasteiger partial charge in [-0.15, -0.1) is 0 Å². The largest absolute Gasteiger partial charge is 0.378 e. The number of nitrogens with zero attached hydrogens (tertiary/aromatic N) is 2. The summed E-state index contributed by atoms with van der Waals surface area (Å²) in [6.07, 6.45) is 6.20. The van der Waals surface area contributed by atoms with Crippen LogP contribution in [0.2, 0.25) is 0 Å². The fourth-order valence-electron chi connectivity index (χ4n) is 2.20. The van der Waals surface area contributed by atoms with Crippen molar-refractivity contribution in [1.82, 2.24) is 9.55 Å². The van der Waals surface area contributed by atoms with Crippen LogP contribution in [0.25, 0.3) is 0 Å². The van der Waals surface area contributed by atoms with E-state index in [0.717, 1.165) is 25.1 Å². The first-order valence-corrected chi connectivity index (χ1v) is 5.57. The predicted molar refractivity (Wildman–Crippen MR) is 58.5 cm³/mol. The SMILES string of the molecule is CC1CC(n2cncc2C(C)N)CCO1. The number of hydrogen-bond donors (Lipinski definition) is 1. The predicted octanol–water partition coefficient (Wildman–Crippen LogP) is 1.64. The summed E-state index contributed by atoms with van der Waals surface area (Å²) in [7, 11) is 0. The lowest BCUT2D eigenvalue weighted by Gasteiger charge is -2.29. The monoisotopic (exact) mass is 209 g/mol. The molecule has 3 unspecified atom stereocenters. The lowest BCUT2D eigenvalue weighted by Crippen LogP contribution is -2.27. The van der Waals surface area contributed by atoms with E-state index in [1.54, 1.807) is 0 Å². The summed E-state index contributed by atoms with van der Waals surface area (Å²) in [6.45, 7) is 4.95. The van der Waals surface area contributed by atoms with E-state index >= 15 is 0 Å². The molecular formula is C11H19N3O. The van der Waals surface area contributed by atoms with Gasteiger partial charge in [-0.1, -0.05) is 0 Å². The molecule has 4 nitrogen and oxygen atoms in total. The van der Waals surface area contributed by atoms with Gasteiger partial charge in [-0.3, -0.25) is 0 Å². The Morgan fingerprint density at radius 1 is 1.67 bits per heavy atom. The molecule has 0 radical (unpaired) electrons. The average molecular weight is 209 g/mol. The van der Waals surface area contributed by atoms with Gasteiger partial charge in [0.15, 0.2) is 0 Å². The van der Waals surface area contributed by atoms with E-state index < -0.39 is 0 Å². The van der Waals surface area contributed by atoms with Gasteiger partial charge in [0, 0.05) is 24.9 Å². The zero-order valence-electron chi connectivity index (χ0n) is 9.39. The summed E-state index contributed by atoms with van der Waals surface area (Å²) in [5.74, 6) is 0. The number of imidazole rings is 1. The first kappa shape index (κ1) is 10.6. The second-order valence-electron chi connectivity index (χ2n) is 4.37. The van der Waals surface area contributed by atoms with Crippen LogP contribution < -0.4 is 5.73 Å². The van der Waals surface area contributed by atoms with Gasteiger partial charge in [-0.05, 0) is 26.7 Å². The fourth-order valence-corrected chi connectivity index (χ4v) is 2.20. The van der Waals surface area contributed by atoms with Gasteiger partial charge in [0.2, 0.25) is 0 Å². The maximum atomic E-state index is 5.91. The first-order valence-electron chi connectivity index (χ1n) is 5.57. The van der Waals surface area contributed by atoms with Gasteiger partial charge >= 0.3 is 0 Å². The Kier molecular flexibility index (Phi) is 3.07. The zero-order chi connectivity index (χ0) is 10.8. The van der Waals surface area contributed by atoms with Gasteiger partial charge in [0.1, 0.15) is 0 Å². The van der Waals surface area contributed by atoms with Gasteiger partial charge in [-0.25, -0.2) is 4.98 Å². The van der Waals surface area contributed by atoms with E-state index in [1.165, 1.54) is 0 Å². The second-order valence-corrected chi connectivity index (χ2v) is 4.37. The number of hydrogen-bond acceptors (Lipinski definition) is 3. The number of aromatic nitrogens is 2. The van der Waals surface area contributed by atoms with Crippen LogP contribution in [0.15, 0.2) is 12.5 Å². The quantitative estimate of drug-likeness (QED) is 0.805. The van der Waals surface area contributed by atoms with Gasteiger partial charge in [-0.2, -0.15) is 0 Å². The van der Waals surface area contributed by atoms with Crippen LogP contribution in [0.3, 0.4) is 0 Å². The fraction of sp³-hybridized carbons (Fsp3) is 0.727. The molecule has 0 amide bonds. The van der Waals surface area contributed by atoms with Crippen LogP contribution in [0.5, 0.6) is 0 Å². The lowest BCUT2D eigenvalue weighted by atomic mass is 10.0. The van der Waals surface area contributed by atoms with Crippen LogP contribution in [-0.4, -0.2) is 22.3 Å². The molecule has 3 atom stereocenters. The molecule has 2 N–H and O–H groups in total. The molecule has 0 saturated carbocycles. The van der Waals surface area contributed by atoms with Crippen molar-refractivity contribution in [3.63, 3.8) is 0 Å². The van der Waals surface area contributed by atoms with Crippen molar-refractivity contribution in [1.29, 1.82) is 0 Å². The highest BCUT2D eigenvalue weighted by Crippen LogP contribution is 2.27. The molecule has 4 heteroatoms. The first-order chi connectivity index (χ1) is 7.18. The molecule has 0 aliphatic carbocycles. The van der Waals surface area contributed by atoms with Crippen LogP contribution in [-0.2, 0) is 4.74 Å². The maximum absolute atomic E-state index is 5.91. The Hall–Kier alpha value is -0.870. The highest BCUT2D eigenvalue weighted by Gasteiger charge is 2.22. The molecule has 0 bridgehead atoms. The Morgan fingerprint density at radius 3 is 3.13 bits per heavy atom. The van der Waals surface area contributed by atoms with Crippen LogP contribution >= 0.6 is 0 Å². The molecule has 15 heavy (non-hydrogen) atoms. The summed E-state index contributed by atoms with van der Waals surface area (Å²) < 4.78 is 7.75. The zero-order valence-corrected chi connectivity index (χ0v) is 9.39. The molecular weight excluding hydrogens is 190 g/mol. The van der Waals surface area contributed by atoms with E-state index in [9.17, 15) is 0 Å². The van der Waals surface area contributed by atoms with Crippen molar-refractivity contribution in [2.45, 2.75) is 44.9 Å². The minimum atomic E-state index is 0.0469. The molecule has 1 fully saturated rings. The third-order valence-corrected chi connectivity index (χ3v) is 3.01. The molecule has 1 aromatic rings. The van der Waals surface area contributed by atoms with Gasteiger partial charge in [0.25, 0.3) is 0 Å². The maximum Gasteiger partial charge on any atom is 0.0951 e. The molecule has 1 aromatic heterocycles. The topological polar surface area (TPSA) is 53.1 Å². The van der Waals surface area contributed by atoms with Crippen molar-refractivity contribution in [3.8, 4) is 0 Å². The number of ether oxygens (including phenoxy) is 1. The van der Waals surface area contributed by atoms with E-state index in [2.05, 4.69) is 16.5 Å². The lowest BCUT2D eigenvalue weighted by molar-refractivity contribution is 0.00532. The van der Waals surface area contributed by atoms with Crippen molar-refractivity contribution in [2.75, 3.05) is 6.61 Å². The van der Waals surface area contributed by atoms with E-state index in [1.807, 2.05) is 19.4 Å². The van der Waals surface area contributed by atoms with Gasteiger partial charge < -0.3 is 15.0 Å². The normalized spacial score (nSPS) is 29.0. The Bertz CT molecular complexity index is 321. The molecule has 0 aromatic carbocycles. The molecule has 1 aliphatic rings. The smallest absolute Gasteiger partial charge is 0.0951 e. The highest BCUT2D eigenvalue weighted by atomic mass is 16.5. The molecule has 1 aliphatic heterocycles. The van der Waals surface area contributed by atoms with Gasteiger partial charge in [0.05, 0.1) is 18.1 Å². The number of rotatable bonds is 2. The van der Waals surface area contributed by atoms with Crippen LogP contribution in [0.1, 0.15) is 44.5 Å². The summed E-state index contributed by atoms with van der Waals surface area (Å²) >= 11 is 0. The molecule has 2 rings (SSSR count). The van der Waals surface area contributed by atoms with E-state index in [0.29, 0.717) is 12.1 Å². The average Bonchev–Trinajstić information content (AvgIpc) is 2.65. The minimum Gasteiger partial charge on any atom is -0.378 e. The molecule has 2 heterocycles. The molecule has 1 saturated heterocycles. The van der Waals surface area contributed by atoms with Crippen LogP contribution in [0.4, 0.5) is 0 Å². The standard InChI is InChI=1S/C11H19N3O/c1-8-5-10(3-4-15-8)14-7-13-6-11(14)9(2)12/h6-10H,3-5,12H2,1-2H3. The summed E-state index contributed by atoms with van der Waals surface area (Å²) in [5.41, 5.74) is 7.03. The summed E-state index contributed by atoms with van der Waals surface area (Å²) in [6, 6.07) is 0.544. The third-order valence-electron chi connectivity index (χ3n) is 3.01. The Balaban J connectivity index is 2.17. The van der Waals surface area contributed by atoms with Crippen molar-refractivity contribution in [3.05, 3.63) is 18.2 Å².